The first-order chi connectivity index (χ1) is 21.4. The number of thioether (sulfide) groups is 2. The molecule has 4 unspecified atom stereocenters. The molecule has 6 heteroatoms. The minimum absolute atomic E-state index is 0.156. The molecule has 6 rings (SSSR count). The van der Waals surface area contributed by atoms with Gasteiger partial charge in [-0.1, -0.05) is 81.8 Å². The lowest BCUT2D eigenvalue weighted by Gasteiger charge is -2.37. The van der Waals surface area contributed by atoms with E-state index in [9.17, 15) is 4.39 Å². The van der Waals surface area contributed by atoms with Crippen molar-refractivity contribution < 1.29 is 13.7 Å². The fourth-order valence-electron chi connectivity index (χ4n) is 7.22. The van der Waals surface area contributed by atoms with Gasteiger partial charge in [0, 0.05) is 34.9 Å². The van der Waals surface area contributed by atoms with Gasteiger partial charge < -0.3 is 4.74 Å². The molecule has 0 radical (unpaired) electrons. The SMILES string of the molecule is CCCc1cccc2c1[N+]1=C(CC1n1cccc1)C(Oc1c(SC)cc(F)cc1SC)C=CC(C)(c1ccccc1)C2CC. The molecule has 1 aromatic heterocycles. The number of benzene rings is 3. The highest BCUT2D eigenvalue weighted by Crippen LogP contribution is 2.50. The molecule has 0 amide bonds. The van der Waals surface area contributed by atoms with Gasteiger partial charge in [0.1, 0.15) is 18.0 Å². The van der Waals surface area contributed by atoms with Crippen molar-refractivity contribution in [2.45, 2.75) is 79.8 Å². The number of allylic oxidation sites excluding steroid dienone is 1. The summed E-state index contributed by atoms with van der Waals surface area (Å²) >= 11 is 3.06. The number of hydrogen-bond acceptors (Lipinski definition) is 3. The van der Waals surface area contributed by atoms with Crippen molar-refractivity contribution in [3.8, 4) is 5.75 Å². The Labute approximate surface area is 270 Å². The summed E-state index contributed by atoms with van der Waals surface area (Å²) in [5, 5.41) is 0. The van der Waals surface area contributed by atoms with Gasteiger partial charge in [-0.2, -0.15) is 4.58 Å². The van der Waals surface area contributed by atoms with E-state index < -0.39 is 0 Å². The first kappa shape index (κ1) is 30.8. The lowest BCUT2D eigenvalue weighted by atomic mass is 9.67. The topological polar surface area (TPSA) is 17.2 Å². The van der Waals surface area contributed by atoms with Gasteiger partial charge >= 0.3 is 0 Å². The van der Waals surface area contributed by atoms with Crippen molar-refractivity contribution in [3.05, 3.63) is 120 Å². The van der Waals surface area contributed by atoms with E-state index in [2.05, 4.69) is 115 Å². The molecule has 0 spiro atoms. The maximum absolute atomic E-state index is 14.6. The molecule has 0 saturated carbocycles. The summed E-state index contributed by atoms with van der Waals surface area (Å²) in [6, 6.07) is 25.3. The van der Waals surface area contributed by atoms with E-state index in [0.29, 0.717) is 0 Å². The molecular formula is C38H42FN2OS2+. The molecule has 4 atom stereocenters. The van der Waals surface area contributed by atoms with Crippen LogP contribution in [0.25, 0.3) is 0 Å². The van der Waals surface area contributed by atoms with Gasteiger partial charge in [-0.15, -0.1) is 23.5 Å². The van der Waals surface area contributed by atoms with Crippen LogP contribution in [-0.2, 0) is 11.8 Å². The number of ether oxygens (including phenoxy) is 1. The van der Waals surface area contributed by atoms with Crippen molar-refractivity contribution >= 4 is 34.9 Å². The highest BCUT2D eigenvalue weighted by Gasteiger charge is 2.50. The van der Waals surface area contributed by atoms with E-state index in [1.807, 2.05) is 12.5 Å². The predicted octanol–water partition coefficient (Wildman–Crippen LogP) is 10.2. The number of nitrogens with zero attached hydrogens (tertiary/aromatic N) is 2. The standard InChI is InChI=1S/C38H42FN2OS2/c1-6-14-26-15-13-18-29-30(7-2)38(3,27-16-9-8-10-17-27)20-19-32(42-37-33(43-4)23-28(39)24-34(37)44-5)31-25-35(41(31)36(26)29)40-21-11-12-22-40/h8-13,15-24,30,32,35H,6-7,14,25H2,1-5H3/q+1. The van der Waals surface area contributed by atoms with Gasteiger partial charge in [-0.05, 0) is 61.3 Å². The van der Waals surface area contributed by atoms with Crippen molar-refractivity contribution in [3.63, 3.8) is 0 Å². The molecule has 4 aromatic rings. The summed E-state index contributed by atoms with van der Waals surface area (Å²) in [5.74, 6) is 0.767. The maximum Gasteiger partial charge on any atom is 0.247 e. The zero-order valence-electron chi connectivity index (χ0n) is 26.3. The van der Waals surface area contributed by atoms with Crippen molar-refractivity contribution in [2.75, 3.05) is 12.5 Å². The van der Waals surface area contributed by atoms with Crippen LogP contribution in [0.1, 0.15) is 68.8 Å². The molecule has 3 heterocycles. The van der Waals surface area contributed by atoms with Gasteiger partial charge in [-0.25, -0.2) is 4.39 Å². The van der Waals surface area contributed by atoms with Crippen LogP contribution in [0.4, 0.5) is 10.1 Å². The minimum atomic E-state index is -0.315. The Morgan fingerprint density at radius 1 is 0.955 bits per heavy atom. The Morgan fingerprint density at radius 3 is 2.30 bits per heavy atom. The Morgan fingerprint density at radius 2 is 1.66 bits per heavy atom. The summed E-state index contributed by atoms with van der Waals surface area (Å²) < 4.78 is 26.6. The third-order valence-corrected chi connectivity index (χ3v) is 10.9. The second kappa shape index (κ2) is 13.0. The molecule has 3 aromatic carbocycles. The Kier molecular flexibility index (Phi) is 9.11. The third-order valence-electron chi connectivity index (χ3n) is 9.40. The number of hydrogen-bond donors (Lipinski definition) is 0. The van der Waals surface area contributed by atoms with Gasteiger partial charge in [0.25, 0.3) is 0 Å². The molecule has 44 heavy (non-hydrogen) atoms. The Bertz CT molecular complexity index is 1660. The van der Waals surface area contributed by atoms with Crippen LogP contribution >= 0.6 is 23.5 Å². The van der Waals surface area contributed by atoms with Crippen LogP contribution in [0.15, 0.2) is 107 Å². The van der Waals surface area contributed by atoms with E-state index in [1.54, 1.807) is 12.1 Å². The molecule has 0 saturated heterocycles. The summed E-state index contributed by atoms with van der Waals surface area (Å²) in [6.07, 6.45) is 16.8. The number of para-hydroxylation sites is 1. The van der Waals surface area contributed by atoms with Crippen molar-refractivity contribution in [1.82, 2.24) is 4.57 Å². The van der Waals surface area contributed by atoms with Gasteiger partial charge in [0.15, 0.2) is 6.10 Å². The quantitative estimate of drug-likeness (QED) is 0.105. The zero-order valence-corrected chi connectivity index (χ0v) is 27.9. The first-order valence-corrected chi connectivity index (χ1v) is 18.1. The van der Waals surface area contributed by atoms with Crippen LogP contribution in [0.2, 0.25) is 0 Å². The van der Waals surface area contributed by atoms with Crippen LogP contribution < -0.4 is 4.74 Å². The van der Waals surface area contributed by atoms with Gasteiger partial charge in [0.05, 0.1) is 9.79 Å². The summed E-state index contributed by atoms with van der Waals surface area (Å²) in [6.45, 7) is 6.97. The van der Waals surface area contributed by atoms with Crippen LogP contribution in [0.5, 0.6) is 5.75 Å². The molecule has 0 bridgehead atoms. The van der Waals surface area contributed by atoms with E-state index in [-0.39, 0.29) is 29.4 Å². The molecule has 0 aliphatic carbocycles. The molecule has 2 aliphatic heterocycles. The van der Waals surface area contributed by atoms with Crippen LogP contribution in [0.3, 0.4) is 0 Å². The van der Waals surface area contributed by atoms with E-state index >= 15 is 0 Å². The Hall–Kier alpha value is -3.22. The summed E-state index contributed by atoms with van der Waals surface area (Å²) in [5.41, 5.74) is 6.35. The monoisotopic (exact) mass is 625 g/mol. The molecule has 2 aliphatic rings. The number of halogens is 1. The maximum atomic E-state index is 14.6. The smallest absolute Gasteiger partial charge is 0.247 e. The van der Waals surface area contributed by atoms with Crippen molar-refractivity contribution in [1.29, 1.82) is 0 Å². The molecule has 3 nitrogen and oxygen atoms in total. The van der Waals surface area contributed by atoms with E-state index in [1.165, 1.54) is 51.6 Å². The molecular weight excluding hydrogens is 584 g/mol. The Balaban J connectivity index is 1.64. The minimum Gasteiger partial charge on any atom is -0.473 e. The number of fused-ring (bicyclic) bond motifs is 2. The second-order valence-corrected chi connectivity index (χ2v) is 13.6. The lowest BCUT2D eigenvalue weighted by molar-refractivity contribution is -0.545. The lowest BCUT2D eigenvalue weighted by Crippen LogP contribution is -2.46. The van der Waals surface area contributed by atoms with E-state index in [4.69, 9.17) is 4.74 Å². The normalized spacial score (nSPS) is 22.8. The largest absolute Gasteiger partial charge is 0.473 e. The fraction of sp³-hybridized carbons (Fsp3) is 0.342. The number of aromatic nitrogens is 1. The van der Waals surface area contributed by atoms with Gasteiger partial charge in [0.2, 0.25) is 17.6 Å². The average molecular weight is 626 g/mol. The average Bonchev–Trinajstić information content (AvgIpc) is 3.56. The van der Waals surface area contributed by atoms with Crippen LogP contribution in [-0.4, -0.2) is 33.5 Å². The zero-order chi connectivity index (χ0) is 30.8. The summed E-state index contributed by atoms with van der Waals surface area (Å²) in [4.78, 5) is 1.64. The van der Waals surface area contributed by atoms with Gasteiger partial charge in [-0.3, -0.25) is 4.57 Å². The highest BCUT2D eigenvalue weighted by atomic mass is 32.2. The van der Waals surface area contributed by atoms with Crippen LogP contribution in [0, 0.1) is 5.82 Å². The molecule has 0 fully saturated rings. The van der Waals surface area contributed by atoms with Crippen molar-refractivity contribution in [2.24, 2.45) is 0 Å². The number of rotatable bonds is 9. The predicted molar refractivity (Wildman–Crippen MR) is 184 cm³/mol. The number of aryl methyl sites for hydroxylation is 1. The third kappa shape index (κ3) is 5.45. The molecule has 228 valence electrons. The summed E-state index contributed by atoms with van der Waals surface area (Å²) in [7, 11) is 0. The highest BCUT2D eigenvalue weighted by molar-refractivity contribution is 7.99. The van der Waals surface area contributed by atoms with E-state index in [0.717, 1.165) is 41.2 Å². The fourth-order valence-corrected chi connectivity index (χ4v) is 8.43. The second-order valence-electron chi connectivity index (χ2n) is 11.9. The first-order valence-electron chi connectivity index (χ1n) is 15.7. The molecule has 0 N–H and O–H groups in total.